The van der Waals surface area contributed by atoms with E-state index in [1.54, 1.807) is 14.2 Å². The summed E-state index contributed by atoms with van der Waals surface area (Å²) < 4.78 is 10.3. The molecule has 6 heteroatoms. The molecule has 102 valence electrons. The van der Waals surface area contributed by atoms with Crippen LogP contribution in [0.1, 0.15) is 5.82 Å². The third-order valence-corrected chi connectivity index (χ3v) is 2.75. The molecule has 0 aliphatic rings. The normalized spacial score (nSPS) is 10.9. The lowest BCUT2D eigenvalue weighted by molar-refractivity contribution is -0.0914. The first kappa shape index (κ1) is 13.5. The molecule has 2 rings (SSSR count). The number of benzene rings is 1. The highest BCUT2D eigenvalue weighted by molar-refractivity contribution is 5.73. The molecule has 1 aromatic carbocycles. The lowest BCUT2D eigenvalue weighted by Crippen LogP contribution is -2.23. The second kappa shape index (κ2) is 6.31. The second-order valence-corrected chi connectivity index (χ2v) is 4.07. The van der Waals surface area contributed by atoms with E-state index in [1.165, 1.54) is 0 Å². The maximum Gasteiger partial charge on any atom is 0.183 e. The molecule has 1 heterocycles. The monoisotopic (exact) mass is 262 g/mol. The highest BCUT2D eigenvalue weighted by Crippen LogP contribution is 2.24. The van der Waals surface area contributed by atoms with E-state index in [4.69, 9.17) is 9.47 Å². The van der Waals surface area contributed by atoms with Crippen LogP contribution in [0.2, 0.25) is 0 Å². The van der Waals surface area contributed by atoms with E-state index in [9.17, 15) is 0 Å². The van der Waals surface area contributed by atoms with E-state index in [-0.39, 0.29) is 6.29 Å². The second-order valence-electron chi connectivity index (χ2n) is 4.07. The molecule has 0 aliphatic heterocycles. The highest BCUT2D eigenvalue weighted by atomic mass is 16.7. The summed E-state index contributed by atoms with van der Waals surface area (Å²) in [6.45, 7) is 2.42. The van der Waals surface area contributed by atoms with Gasteiger partial charge in [0.1, 0.15) is 5.82 Å². The van der Waals surface area contributed by atoms with Crippen molar-refractivity contribution in [1.29, 1.82) is 0 Å². The average Bonchev–Trinajstić information content (AvgIpc) is 2.87. The Kier molecular flexibility index (Phi) is 4.48. The van der Waals surface area contributed by atoms with Gasteiger partial charge in [-0.1, -0.05) is 12.1 Å². The Morgan fingerprint density at radius 2 is 2.00 bits per heavy atom. The zero-order valence-corrected chi connectivity index (χ0v) is 11.3. The van der Waals surface area contributed by atoms with Crippen molar-refractivity contribution in [2.45, 2.75) is 13.2 Å². The van der Waals surface area contributed by atoms with E-state index in [0.29, 0.717) is 12.4 Å². The molecular weight excluding hydrogens is 244 g/mol. The van der Waals surface area contributed by atoms with Crippen LogP contribution in [0.3, 0.4) is 0 Å². The van der Waals surface area contributed by atoms with Gasteiger partial charge in [0.15, 0.2) is 12.1 Å². The molecule has 2 aromatic rings. The molecule has 2 N–H and O–H groups in total. The largest absolute Gasteiger partial charge is 0.379 e. The SMILES string of the molecule is COC(CNc1ccccc1-c1n[nH]c(C)n1)OC. The van der Waals surface area contributed by atoms with E-state index in [1.807, 2.05) is 31.2 Å². The molecule has 0 saturated heterocycles. The Morgan fingerprint density at radius 3 is 2.63 bits per heavy atom. The Bertz CT molecular complexity index is 523. The van der Waals surface area contributed by atoms with Gasteiger partial charge in [0, 0.05) is 25.5 Å². The van der Waals surface area contributed by atoms with Crippen molar-refractivity contribution >= 4 is 5.69 Å². The van der Waals surface area contributed by atoms with Crippen LogP contribution in [0.5, 0.6) is 0 Å². The fourth-order valence-corrected chi connectivity index (χ4v) is 1.75. The van der Waals surface area contributed by atoms with Gasteiger partial charge in [0.25, 0.3) is 0 Å². The summed E-state index contributed by atoms with van der Waals surface area (Å²) in [6, 6.07) is 7.86. The van der Waals surface area contributed by atoms with E-state index < -0.39 is 0 Å². The zero-order chi connectivity index (χ0) is 13.7. The third-order valence-electron chi connectivity index (χ3n) is 2.75. The summed E-state index contributed by atoms with van der Waals surface area (Å²) >= 11 is 0. The molecule has 19 heavy (non-hydrogen) atoms. The van der Waals surface area contributed by atoms with Crippen molar-refractivity contribution in [3.8, 4) is 11.4 Å². The number of methoxy groups -OCH3 is 2. The lowest BCUT2D eigenvalue weighted by Gasteiger charge is -2.16. The maximum atomic E-state index is 5.15. The van der Waals surface area contributed by atoms with Crippen LogP contribution in [-0.4, -0.2) is 42.2 Å². The van der Waals surface area contributed by atoms with Crippen LogP contribution >= 0.6 is 0 Å². The number of aromatic nitrogens is 3. The molecule has 0 unspecified atom stereocenters. The van der Waals surface area contributed by atoms with Crippen LogP contribution in [0.4, 0.5) is 5.69 Å². The first-order valence-corrected chi connectivity index (χ1v) is 6.02. The number of aryl methyl sites for hydroxylation is 1. The van der Waals surface area contributed by atoms with Crippen molar-refractivity contribution < 1.29 is 9.47 Å². The van der Waals surface area contributed by atoms with Gasteiger partial charge in [0.2, 0.25) is 0 Å². The van der Waals surface area contributed by atoms with Gasteiger partial charge in [-0.3, -0.25) is 5.10 Å². The summed E-state index contributed by atoms with van der Waals surface area (Å²) in [5.74, 6) is 1.46. The third kappa shape index (κ3) is 3.30. The predicted octanol–water partition coefficient (Wildman–Crippen LogP) is 1.81. The van der Waals surface area contributed by atoms with Crippen LogP contribution < -0.4 is 5.32 Å². The highest BCUT2D eigenvalue weighted by Gasteiger charge is 2.10. The van der Waals surface area contributed by atoms with Crippen LogP contribution in [-0.2, 0) is 9.47 Å². The van der Waals surface area contributed by atoms with Crippen LogP contribution in [0, 0.1) is 6.92 Å². The number of para-hydroxylation sites is 1. The molecule has 0 fully saturated rings. The molecule has 0 radical (unpaired) electrons. The summed E-state index contributed by atoms with van der Waals surface area (Å²) in [5, 5.41) is 10.3. The van der Waals surface area contributed by atoms with Crippen molar-refractivity contribution in [1.82, 2.24) is 15.2 Å². The fraction of sp³-hybridized carbons (Fsp3) is 0.385. The Labute approximate surface area is 112 Å². The van der Waals surface area contributed by atoms with Gasteiger partial charge in [0.05, 0.1) is 6.54 Å². The van der Waals surface area contributed by atoms with Crippen LogP contribution in [0.15, 0.2) is 24.3 Å². The number of hydrogen-bond donors (Lipinski definition) is 2. The Balaban J connectivity index is 2.17. The fourth-order valence-electron chi connectivity index (χ4n) is 1.75. The predicted molar refractivity (Wildman–Crippen MR) is 72.9 cm³/mol. The number of anilines is 1. The number of nitrogens with zero attached hydrogens (tertiary/aromatic N) is 2. The smallest absolute Gasteiger partial charge is 0.183 e. The standard InChI is InChI=1S/C13H18N4O2/c1-9-15-13(17-16-9)10-6-4-5-7-11(10)14-8-12(18-2)19-3/h4-7,12,14H,8H2,1-3H3,(H,15,16,17). The zero-order valence-electron chi connectivity index (χ0n) is 11.3. The first-order valence-electron chi connectivity index (χ1n) is 6.02. The van der Waals surface area contributed by atoms with Crippen molar-refractivity contribution in [3.05, 3.63) is 30.1 Å². The molecule has 0 bridgehead atoms. The van der Waals surface area contributed by atoms with Gasteiger partial charge >= 0.3 is 0 Å². The molecular formula is C13H18N4O2. The van der Waals surface area contributed by atoms with Gasteiger partial charge in [-0.25, -0.2) is 4.98 Å². The number of H-pyrrole nitrogens is 1. The number of hydrogen-bond acceptors (Lipinski definition) is 5. The number of ether oxygens (including phenoxy) is 2. The molecule has 0 aliphatic carbocycles. The van der Waals surface area contributed by atoms with Crippen LogP contribution in [0.25, 0.3) is 11.4 Å². The number of aromatic amines is 1. The van der Waals surface area contributed by atoms with Crippen molar-refractivity contribution in [2.24, 2.45) is 0 Å². The summed E-state index contributed by atoms with van der Waals surface area (Å²) in [4.78, 5) is 4.34. The quantitative estimate of drug-likeness (QED) is 0.777. The van der Waals surface area contributed by atoms with Gasteiger partial charge in [-0.15, -0.1) is 0 Å². The molecule has 0 saturated carbocycles. The first-order chi connectivity index (χ1) is 9.24. The minimum atomic E-state index is -0.290. The number of nitrogens with one attached hydrogen (secondary N) is 2. The average molecular weight is 262 g/mol. The van der Waals surface area contributed by atoms with Crippen molar-refractivity contribution in [3.63, 3.8) is 0 Å². The molecule has 0 amide bonds. The molecule has 6 nitrogen and oxygen atoms in total. The topological polar surface area (TPSA) is 72.1 Å². The van der Waals surface area contributed by atoms with Gasteiger partial charge in [-0.05, 0) is 19.1 Å². The summed E-state index contributed by atoms with van der Waals surface area (Å²) in [7, 11) is 3.22. The number of rotatable bonds is 6. The maximum absolute atomic E-state index is 5.15. The molecule has 1 aromatic heterocycles. The van der Waals surface area contributed by atoms with E-state index in [0.717, 1.165) is 17.1 Å². The minimum absolute atomic E-state index is 0.290. The van der Waals surface area contributed by atoms with Crippen molar-refractivity contribution in [2.75, 3.05) is 26.1 Å². The van der Waals surface area contributed by atoms with E-state index >= 15 is 0 Å². The lowest BCUT2D eigenvalue weighted by atomic mass is 10.1. The summed E-state index contributed by atoms with van der Waals surface area (Å²) in [6.07, 6.45) is -0.290. The summed E-state index contributed by atoms with van der Waals surface area (Å²) in [5.41, 5.74) is 1.89. The molecule has 0 spiro atoms. The minimum Gasteiger partial charge on any atom is -0.379 e. The molecule has 0 atom stereocenters. The van der Waals surface area contributed by atoms with E-state index in [2.05, 4.69) is 20.5 Å². The Hall–Kier alpha value is -1.92. The van der Waals surface area contributed by atoms with Gasteiger partial charge in [-0.2, -0.15) is 5.10 Å². The Morgan fingerprint density at radius 1 is 1.26 bits per heavy atom. The van der Waals surface area contributed by atoms with Gasteiger partial charge < -0.3 is 14.8 Å².